The number of rotatable bonds is 1. The number of halogens is 1. The third kappa shape index (κ3) is 3.31. The molecule has 1 N–H and O–H groups in total. The summed E-state index contributed by atoms with van der Waals surface area (Å²) in [5, 5.41) is 4.31. The number of H-pyrrole nitrogens is 1. The standard InChI is InChI=1S/C14H18ClN5O3/c1-14(2,3)23-13(22)19-5-4-8(6-19)20-7-9-10(18-20)11(21)17-12(15)16-9/h7-8H,4-6H2,1-3H3,(H,16,17,21). The summed E-state index contributed by atoms with van der Waals surface area (Å²) in [6, 6.07) is -0.0186. The average Bonchev–Trinajstić information content (AvgIpc) is 3.01. The van der Waals surface area contributed by atoms with Crippen LogP contribution in [-0.2, 0) is 4.74 Å². The highest BCUT2D eigenvalue weighted by molar-refractivity contribution is 6.28. The zero-order valence-electron chi connectivity index (χ0n) is 13.2. The molecule has 1 fully saturated rings. The second kappa shape index (κ2) is 5.52. The number of aromatic amines is 1. The van der Waals surface area contributed by atoms with Crippen molar-refractivity contribution in [3.05, 3.63) is 21.8 Å². The van der Waals surface area contributed by atoms with Crippen LogP contribution >= 0.6 is 11.6 Å². The lowest BCUT2D eigenvalue weighted by molar-refractivity contribution is 0.0288. The topological polar surface area (TPSA) is 93.1 Å². The number of aromatic nitrogens is 4. The van der Waals surface area contributed by atoms with Gasteiger partial charge in [0, 0.05) is 13.1 Å². The predicted octanol–water partition coefficient (Wildman–Crippen LogP) is 1.95. The Labute approximate surface area is 137 Å². The molecule has 3 rings (SSSR count). The minimum atomic E-state index is -0.524. The lowest BCUT2D eigenvalue weighted by atomic mass is 10.2. The van der Waals surface area contributed by atoms with E-state index in [-0.39, 0.29) is 28.5 Å². The number of likely N-dealkylation sites (tertiary alicyclic amines) is 1. The first-order valence-corrected chi connectivity index (χ1v) is 7.73. The number of nitrogens with zero attached hydrogens (tertiary/aromatic N) is 4. The van der Waals surface area contributed by atoms with Crippen LogP contribution < -0.4 is 5.56 Å². The van der Waals surface area contributed by atoms with Gasteiger partial charge in [-0.15, -0.1) is 0 Å². The van der Waals surface area contributed by atoms with Crippen LogP contribution in [0.25, 0.3) is 11.0 Å². The largest absolute Gasteiger partial charge is 0.444 e. The monoisotopic (exact) mass is 339 g/mol. The van der Waals surface area contributed by atoms with Crippen molar-refractivity contribution >= 4 is 28.7 Å². The van der Waals surface area contributed by atoms with E-state index in [1.165, 1.54) is 0 Å². The van der Waals surface area contributed by atoms with Crippen LogP contribution in [0.2, 0.25) is 5.28 Å². The summed E-state index contributed by atoms with van der Waals surface area (Å²) < 4.78 is 7.05. The Kier molecular flexibility index (Phi) is 3.79. The molecule has 0 spiro atoms. The molecule has 23 heavy (non-hydrogen) atoms. The second-order valence-electron chi connectivity index (χ2n) is 6.57. The van der Waals surface area contributed by atoms with E-state index in [9.17, 15) is 9.59 Å². The lowest BCUT2D eigenvalue weighted by Gasteiger charge is -2.24. The first kappa shape index (κ1) is 15.8. The van der Waals surface area contributed by atoms with Gasteiger partial charge in [0.1, 0.15) is 11.1 Å². The van der Waals surface area contributed by atoms with Crippen molar-refractivity contribution in [2.45, 2.75) is 38.8 Å². The van der Waals surface area contributed by atoms with Crippen molar-refractivity contribution in [2.24, 2.45) is 0 Å². The van der Waals surface area contributed by atoms with E-state index < -0.39 is 5.60 Å². The summed E-state index contributed by atoms with van der Waals surface area (Å²) in [5.74, 6) is 0. The molecule has 1 saturated heterocycles. The second-order valence-corrected chi connectivity index (χ2v) is 6.93. The van der Waals surface area contributed by atoms with Crippen LogP contribution in [-0.4, -0.2) is 49.4 Å². The van der Waals surface area contributed by atoms with E-state index in [1.807, 2.05) is 20.8 Å². The van der Waals surface area contributed by atoms with Gasteiger partial charge in [0.15, 0.2) is 5.52 Å². The van der Waals surface area contributed by atoms with Gasteiger partial charge in [0.25, 0.3) is 5.56 Å². The molecule has 0 bridgehead atoms. The number of carbonyl (C=O) groups is 1. The van der Waals surface area contributed by atoms with Crippen molar-refractivity contribution in [1.82, 2.24) is 24.6 Å². The van der Waals surface area contributed by atoms with Crippen LogP contribution in [0, 0.1) is 0 Å². The van der Waals surface area contributed by atoms with Crippen molar-refractivity contribution in [2.75, 3.05) is 13.1 Å². The summed E-state index contributed by atoms with van der Waals surface area (Å²) in [6.45, 7) is 6.57. The molecule has 8 nitrogen and oxygen atoms in total. The molecule has 124 valence electrons. The molecule has 1 aliphatic heterocycles. The first-order valence-electron chi connectivity index (χ1n) is 7.35. The van der Waals surface area contributed by atoms with E-state index in [0.717, 1.165) is 6.42 Å². The molecule has 9 heteroatoms. The van der Waals surface area contributed by atoms with E-state index in [0.29, 0.717) is 18.6 Å². The number of hydrogen-bond donors (Lipinski definition) is 1. The highest BCUT2D eigenvalue weighted by Gasteiger charge is 2.31. The van der Waals surface area contributed by atoms with Crippen molar-refractivity contribution in [3.8, 4) is 0 Å². The SMILES string of the molecule is CC(C)(C)OC(=O)N1CCC(n2cc3nc(Cl)[nH]c(=O)c3n2)C1. The number of nitrogens with one attached hydrogen (secondary N) is 1. The molecule has 2 aromatic heterocycles. The molecule has 0 aromatic carbocycles. The number of hydrogen-bond acceptors (Lipinski definition) is 5. The Bertz CT molecular complexity index is 807. The molecule has 0 radical (unpaired) electrons. The molecule has 3 heterocycles. The van der Waals surface area contributed by atoms with E-state index in [1.54, 1.807) is 15.8 Å². The number of ether oxygens (including phenoxy) is 1. The summed E-state index contributed by atoms with van der Waals surface area (Å²) in [6.07, 6.45) is 2.08. The van der Waals surface area contributed by atoms with Crippen LogP contribution in [0.5, 0.6) is 0 Å². The van der Waals surface area contributed by atoms with Gasteiger partial charge < -0.3 is 9.64 Å². The summed E-state index contributed by atoms with van der Waals surface area (Å²) in [7, 11) is 0. The predicted molar refractivity (Wildman–Crippen MR) is 84.6 cm³/mol. The van der Waals surface area contributed by atoms with Gasteiger partial charge >= 0.3 is 6.09 Å². The quantitative estimate of drug-likeness (QED) is 0.801. The summed E-state index contributed by atoms with van der Waals surface area (Å²) in [4.78, 5) is 32.0. The van der Waals surface area contributed by atoms with Crippen LogP contribution in [0.4, 0.5) is 4.79 Å². The Morgan fingerprint density at radius 1 is 1.48 bits per heavy atom. The molecule has 1 amide bonds. The molecule has 0 aliphatic carbocycles. The Morgan fingerprint density at radius 2 is 2.22 bits per heavy atom. The maximum absolute atomic E-state index is 12.1. The Balaban J connectivity index is 1.78. The summed E-state index contributed by atoms with van der Waals surface area (Å²) in [5.41, 5.74) is -0.218. The zero-order valence-corrected chi connectivity index (χ0v) is 13.9. The average molecular weight is 340 g/mol. The highest BCUT2D eigenvalue weighted by Crippen LogP contribution is 2.24. The van der Waals surface area contributed by atoms with Crippen molar-refractivity contribution < 1.29 is 9.53 Å². The normalized spacial score (nSPS) is 18.6. The van der Waals surface area contributed by atoms with Gasteiger partial charge in [0.2, 0.25) is 5.28 Å². The first-order chi connectivity index (χ1) is 10.7. The maximum Gasteiger partial charge on any atom is 0.410 e. The third-order valence-corrected chi connectivity index (χ3v) is 3.73. The number of fused-ring (bicyclic) bond motifs is 1. The number of amides is 1. The van der Waals surface area contributed by atoms with Gasteiger partial charge in [-0.2, -0.15) is 5.10 Å². The van der Waals surface area contributed by atoms with Crippen LogP contribution in [0.1, 0.15) is 33.2 Å². The molecular formula is C14H18ClN5O3. The minimum Gasteiger partial charge on any atom is -0.444 e. The molecular weight excluding hydrogens is 322 g/mol. The summed E-state index contributed by atoms with van der Waals surface area (Å²) >= 11 is 5.75. The Hall–Kier alpha value is -2.09. The van der Waals surface area contributed by atoms with Gasteiger partial charge in [-0.1, -0.05) is 0 Å². The van der Waals surface area contributed by atoms with E-state index >= 15 is 0 Å². The fourth-order valence-electron chi connectivity index (χ4n) is 2.55. The molecule has 1 unspecified atom stereocenters. The maximum atomic E-state index is 12.1. The molecule has 1 atom stereocenters. The number of carbonyl (C=O) groups excluding carboxylic acids is 1. The highest BCUT2D eigenvalue weighted by atomic mass is 35.5. The van der Waals surface area contributed by atoms with Crippen LogP contribution in [0.3, 0.4) is 0 Å². The fourth-order valence-corrected chi connectivity index (χ4v) is 2.73. The van der Waals surface area contributed by atoms with E-state index in [2.05, 4.69) is 15.1 Å². The molecule has 0 saturated carbocycles. The molecule has 2 aromatic rings. The van der Waals surface area contributed by atoms with Gasteiger partial charge in [-0.05, 0) is 38.8 Å². The third-order valence-electron chi connectivity index (χ3n) is 3.55. The van der Waals surface area contributed by atoms with E-state index in [4.69, 9.17) is 16.3 Å². The van der Waals surface area contributed by atoms with Gasteiger partial charge in [-0.25, -0.2) is 9.78 Å². The smallest absolute Gasteiger partial charge is 0.410 e. The Morgan fingerprint density at radius 3 is 2.91 bits per heavy atom. The minimum absolute atomic E-state index is 0.0186. The fraction of sp³-hybridized carbons (Fsp3) is 0.571. The van der Waals surface area contributed by atoms with Gasteiger partial charge in [0.05, 0.1) is 12.2 Å². The van der Waals surface area contributed by atoms with Crippen molar-refractivity contribution in [1.29, 1.82) is 0 Å². The lowest BCUT2D eigenvalue weighted by Crippen LogP contribution is -2.35. The van der Waals surface area contributed by atoms with Crippen LogP contribution in [0.15, 0.2) is 11.0 Å². The molecule has 1 aliphatic rings. The van der Waals surface area contributed by atoms with Gasteiger partial charge in [-0.3, -0.25) is 14.5 Å². The van der Waals surface area contributed by atoms with Crippen molar-refractivity contribution in [3.63, 3.8) is 0 Å². The zero-order chi connectivity index (χ0) is 16.8.